The summed E-state index contributed by atoms with van der Waals surface area (Å²) < 4.78 is 29.2. The van der Waals surface area contributed by atoms with Gasteiger partial charge in [0.25, 0.3) is 5.91 Å². The third kappa shape index (κ3) is 4.38. The molecule has 1 aliphatic heterocycles. The number of rotatable bonds is 5. The molecule has 1 heterocycles. The maximum atomic E-state index is 13.3. The van der Waals surface area contributed by atoms with Crippen LogP contribution in [0, 0.1) is 0 Å². The van der Waals surface area contributed by atoms with Crippen molar-refractivity contribution >= 4 is 26.7 Å². The molecule has 0 spiro atoms. The number of piperidine rings is 1. The maximum absolute atomic E-state index is 13.3. The van der Waals surface area contributed by atoms with E-state index in [1.165, 1.54) is 6.42 Å². The molecular weight excluding hydrogens is 398 g/mol. The molecule has 2 aromatic carbocycles. The van der Waals surface area contributed by atoms with Crippen LogP contribution >= 0.6 is 0 Å². The highest BCUT2D eigenvalue weighted by Crippen LogP contribution is 2.29. The van der Waals surface area contributed by atoms with Gasteiger partial charge in [-0.2, -0.15) is 0 Å². The Kier molecular flexibility index (Phi) is 6.41. The molecule has 1 saturated heterocycles. The number of hydrogen-bond acceptors (Lipinski definition) is 4. The van der Waals surface area contributed by atoms with Gasteiger partial charge in [0.1, 0.15) is 0 Å². The van der Waals surface area contributed by atoms with Gasteiger partial charge in [-0.3, -0.25) is 4.79 Å². The van der Waals surface area contributed by atoms with E-state index >= 15 is 0 Å². The Morgan fingerprint density at radius 3 is 2.33 bits per heavy atom. The molecule has 2 N–H and O–H groups in total. The molecule has 7 heteroatoms. The number of benzene rings is 2. The molecule has 30 heavy (non-hydrogen) atoms. The number of carbonyl (C=O) groups is 1. The van der Waals surface area contributed by atoms with Crippen molar-refractivity contribution < 1.29 is 13.2 Å². The Morgan fingerprint density at radius 2 is 1.63 bits per heavy atom. The average molecular weight is 430 g/mol. The van der Waals surface area contributed by atoms with E-state index in [2.05, 4.69) is 10.0 Å². The van der Waals surface area contributed by atoms with Gasteiger partial charge < -0.3 is 10.2 Å². The minimum Gasteiger partial charge on any atom is -0.339 e. The number of sulfonamides is 1. The minimum atomic E-state index is -3.67. The van der Waals surface area contributed by atoms with Crippen LogP contribution in [-0.2, 0) is 10.0 Å². The van der Waals surface area contributed by atoms with Crippen molar-refractivity contribution in [2.24, 2.45) is 0 Å². The molecule has 1 aliphatic carbocycles. The quantitative estimate of drug-likeness (QED) is 0.765. The summed E-state index contributed by atoms with van der Waals surface area (Å²) >= 11 is 0. The van der Waals surface area contributed by atoms with Crippen LogP contribution in [0.25, 0.3) is 10.8 Å². The van der Waals surface area contributed by atoms with Crippen LogP contribution in [0.2, 0.25) is 0 Å². The van der Waals surface area contributed by atoms with E-state index in [0.29, 0.717) is 16.3 Å². The lowest BCUT2D eigenvalue weighted by atomic mass is 9.93. The molecule has 162 valence electrons. The summed E-state index contributed by atoms with van der Waals surface area (Å²) in [6.45, 7) is 1.63. The van der Waals surface area contributed by atoms with Crippen molar-refractivity contribution in [1.82, 2.24) is 14.9 Å². The van der Waals surface area contributed by atoms with Crippen LogP contribution in [-0.4, -0.2) is 51.4 Å². The van der Waals surface area contributed by atoms with Crippen molar-refractivity contribution in [2.75, 3.05) is 20.1 Å². The predicted octanol–water partition coefficient (Wildman–Crippen LogP) is 3.27. The monoisotopic (exact) mass is 429 g/mol. The molecule has 0 radical (unpaired) electrons. The molecule has 0 unspecified atom stereocenters. The first-order chi connectivity index (χ1) is 14.5. The van der Waals surface area contributed by atoms with Gasteiger partial charge in [-0.05, 0) is 56.3 Å². The molecule has 4 rings (SSSR count). The Labute approximate surface area is 179 Å². The third-order valence-corrected chi connectivity index (χ3v) is 8.09. The normalized spacial score (nSPS) is 19.1. The first-order valence-corrected chi connectivity index (χ1v) is 12.5. The Balaban J connectivity index is 1.67. The van der Waals surface area contributed by atoms with Crippen molar-refractivity contribution in [3.8, 4) is 0 Å². The number of amides is 1. The first-order valence-electron chi connectivity index (χ1n) is 11.0. The number of nitrogens with zero attached hydrogens (tertiary/aromatic N) is 1. The fourth-order valence-electron chi connectivity index (χ4n) is 4.74. The smallest absolute Gasteiger partial charge is 0.254 e. The Bertz CT molecular complexity index is 1010. The lowest BCUT2D eigenvalue weighted by Gasteiger charge is -2.31. The number of carbonyl (C=O) groups excluding carboxylic acids is 1. The van der Waals surface area contributed by atoms with Crippen LogP contribution in [0.3, 0.4) is 0 Å². The van der Waals surface area contributed by atoms with Gasteiger partial charge in [-0.25, -0.2) is 13.1 Å². The van der Waals surface area contributed by atoms with Crippen LogP contribution in [0.5, 0.6) is 0 Å². The second-order valence-corrected chi connectivity index (χ2v) is 10.2. The second-order valence-electron chi connectivity index (χ2n) is 8.51. The average Bonchev–Trinajstić information content (AvgIpc) is 2.78. The SMILES string of the molecule is CN(C(=O)c1ccc(S(=O)(=O)NC2CCNCC2)c2ccccc12)C1CCCCC1. The van der Waals surface area contributed by atoms with E-state index < -0.39 is 10.0 Å². The maximum Gasteiger partial charge on any atom is 0.254 e. The van der Waals surface area contributed by atoms with E-state index in [4.69, 9.17) is 0 Å². The number of hydrogen-bond donors (Lipinski definition) is 2. The molecule has 2 aliphatic rings. The molecular formula is C23H31N3O3S. The van der Waals surface area contributed by atoms with E-state index in [9.17, 15) is 13.2 Å². The lowest BCUT2D eigenvalue weighted by molar-refractivity contribution is 0.0698. The topological polar surface area (TPSA) is 78.5 Å². The van der Waals surface area contributed by atoms with E-state index in [0.717, 1.165) is 51.6 Å². The number of nitrogens with one attached hydrogen (secondary N) is 2. The van der Waals surface area contributed by atoms with Gasteiger partial charge >= 0.3 is 0 Å². The summed E-state index contributed by atoms with van der Waals surface area (Å²) in [4.78, 5) is 15.4. The van der Waals surface area contributed by atoms with Gasteiger partial charge in [0.05, 0.1) is 4.90 Å². The summed E-state index contributed by atoms with van der Waals surface area (Å²) in [6.07, 6.45) is 7.17. The van der Waals surface area contributed by atoms with Crippen molar-refractivity contribution in [3.63, 3.8) is 0 Å². The highest BCUT2D eigenvalue weighted by Gasteiger charge is 2.27. The van der Waals surface area contributed by atoms with Gasteiger partial charge in [-0.1, -0.05) is 43.5 Å². The zero-order valence-electron chi connectivity index (χ0n) is 17.6. The molecule has 0 atom stereocenters. The van der Waals surface area contributed by atoms with Crippen molar-refractivity contribution in [3.05, 3.63) is 42.0 Å². The summed E-state index contributed by atoms with van der Waals surface area (Å²) in [5.41, 5.74) is 0.569. The fourth-order valence-corrected chi connectivity index (χ4v) is 6.26. The second kappa shape index (κ2) is 9.04. The third-order valence-electron chi connectivity index (χ3n) is 6.51. The molecule has 2 aromatic rings. The van der Waals surface area contributed by atoms with Gasteiger partial charge in [-0.15, -0.1) is 0 Å². The minimum absolute atomic E-state index is 0.0339. The largest absolute Gasteiger partial charge is 0.339 e. The summed E-state index contributed by atoms with van der Waals surface area (Å²) in [6, 6.07) is 10.8. The number of fused-ring (bicyclic) bond motifs is 1. The Hall–Kier alpha value is -1.96. The zero-order valence-corrected chi connectivity index (χ0v) is 18.4. The fraction of sp³-hybridized carbons (Fsp3) is 0.522. The molecule has 1 saturated carbocycles. The van der Waals surface area contributed by atoms with Crippen LogP contribution in [0.15, 0.2) is 41.3 Å². The zero-order chi connectivity index (χ0) is 21.1. The van der Waals surface area contributed by atoms with E-state index in [-0.39, 0.29) is 22.9 Å². The molecule has 0 aromatic heterocycles. The predicted molar refractivity (Wildman–Crippen MR) is 119 cm³/mol. The summed E-state index contributed by atoms with van der Waals surface area (Å²) in [7, 11) is -1.80. The lowest BCUT2D eigenvalue weighted by Crippen LogP contribution is -2.42. The van der Waals surface area contributed by atoms with Crippen molar-refractivity contribution in [2.45, 2.75) is 61.9 Å². The van der Waals surface area contributed by atoms with E-state index in [1.807, 2.05) is 30.1 Å². The van der Waals surface area contributed by atoms with Gasteiger partial charge in [0, 0.05) is 30.1 Å². The van der Waals surface area contributed by atoms with E-state index in [1.54, 1.807) is 18.2 Å². The van der Waals surface area contributed by atoms with Gasteiger partial charge in [0.2, 0.25) is 10.0 Å². The summed E-state index contributed by atoms with van der Waals surface area (Å²) in [5, 5.41) is 4.54. The molecule has 1 amide bonds. The van der Waals surface area contributed by atoms with Crippen molar-refractivity contribution in [1.29, 1.82) is 0 Å². The van der Waals surface area contributed by atoms with Crippen LogP contribution in [0.4, 0.5) is 0 Å². The van der Waals surface area contributed by atoms with Gasteiger partial charge in [0.15, 0.2) is 0 Å². The highest BCUT2D eigenvalue weighted by molar-refractivity contribution is 7.89. The molecule has 2 fully saturated rings. The Morgan fingerprint density at radius 1 is 0.967 bits per heavy atom. The summed E-state index contributed by atoms with van der Waals surface area (Å²) in [5.74, 6) is -0.0339. The highest BCUT2D eigenvalue weighted by atomic mass is 32.2. The molecule has 0 bridgehead atoms. The standard InChI is InChI=1S/C23H31N3O3S/c1-26(18-7-3-2-4-8-18)23(27)21-11-12-22(20-10-6-5-9-19(20)21)30(28,29)25-17-13-15-24-16-14-17/h5-6,9-12,17-18,24-25H,2-4,7-8,13-16H2,1H3. The first kappa shape index (κ1) is 21.3. The molecule has 6 nitrogen and oxygen atoms in total. The van der Waals surface area contributed by atoms with Crippen LogP contribution in [0.1, 0.15) is 55.3 Å². The van der Waals surface area contributed by atoms with Crippen LogP contribution < -0.4 is 10.0 Å².